The Labute approximate surface area is 231 Å². The largest absolute Gasteiger partial charge is 0.425 e. The molecular formula is C31H30N4O5. The molecule has 9 heteroatoms. The Balaban J connectivity index is 1.40. The normalized spacial score (nSPS) is 22.5. The number of hydrogen-bond donors (Lipinski definition) is 1. The average molecular weight is 539 g/mol. The molecule has 3 aliphatic rings. The number of rotatable bonds is 8. The second-order valence-corrected chi connectivity index (χ2v) is 10.4. The number of primary amides is 1. The molecule has 3 fully saturated rings. The minimum absolute atomic E-state index is 0.0645. The van der Waals surface area contributed by atoms with Gasteiger partial charge in [-0.2, -0.15) is 0 Å². The summed E-state index contributed by atoms with van der Waals surface area (Å²) in [5, 5.41) is 0.743. The van der Waals surface area contributed by atoms with Gasteiger partial charge in [0.1, 0.15) is 5.58 Å². The summed E-state index contributed by atoms with van der Waals surface area (Å²) >= 11 is 0. The number of carbonyl (C=O) groups is 3. The number of nitrogens with zero attached hydrogens (tertiary/aromatic N) is 3. The van der Waals surface area contributed by atoms with Gasteiger partial charge in [-0.1, -0.05) is 42.5 Å². The van der Waals surface area contributed by atoms with Crippen molar-refractivity contribution in [3.05, 3.63) is 96.3 Å². The van der Waals surface area contributed by atoms with Gasteiger partial charge in [-0.15, -0.1) is 0 Å². The molecule has 5 heterocycles. The lowest BCUT2D eigenvalue weighted by molar-refractivity contribution is -0.149. The number of para-hydroxylation sites is 1. The van der Waals surface area contributed by atoms with E-state index in [1.165, 1.54) is 4.90 Å². The zero-order valence-corrected chi connectivity index (χ0v) is 21.9. The Kier molecular flexibility index (Phi) is 7.04. The maximum Gasteiger partial charge on any atom is 0.346 e. The van der Waals surface area contributed by atoms with Gasteiger partial charge in [0.05, 0.1) is 6.04 Å². The molecule has 0 radical (unpaired) electrons. The van der Waals surface area contributed by atoms with E-state index in [1.807, 2.05) is 36.5 Å². The van der Waals surface area contributed by atoms with Crippen LogP contribution in [0.1, 0.15) is 28.8 Å². The Morgan fingerprint density at radius 3 is 2.48 bits per heavy atom. The molecule has 3 atom stereocenters. The number of esters is 1. The van der Waals surface area contributed by atoms with Crippen molar-refractivity contribution >= 4 is 28.8 Å². The third-order valence-corrected chi connectivity index (χ3v) is 8.04. The number of ether oxygens (including phenoxy) is 1. The third kappa shape index (κ3) is 4.96. The summed E-state index contributed by atoms with van der Waals surface area (Å²) in [5.74, 6) is -2.33. The number of fused-ring (bicyclic) bond motifs is 4. The molecule has 2 N–H and O–H groups in total. The van der Waals surface area contributed by atoms with Gasteiger partial charge in [-0.05, 0) is 68.1 Å². The van der Waals surface area contributed by atoms with Crippen molar-refractivity contribution in [3.63, 3.8) is 0 Å². The molecule has 3 saturated heterocycles. The molecule has 0 saturated carbocycles. The lowest BCUT2D eigenvalue weighted by atomic mass is 9.75. The molecule has 9 nitrogen and oxygen atoms in total. The number of pyridine rings is 1. The Morgan fingerprint density at radius 2 is 1.77 bits per heavy atom. The fourth-order valence-electron chi connectivity index (χ4n) is 6.23. The maximum absolute atomic E-state index is 14.2. The zero-order chi connectivity index (χ0) is 27.6. The predicted molar refractivity (Wildman–Crippen MR) is 147 cm³/mol. The van der Waals surface area contributed by atoms with Crippen molar-refractivity contribution in [3.8, 4) is 5.95 Å². The summed E-state index contributed by atoms with van der Waals surface area (Å²) < 4.78 is 11.3. The third-order valence-electron chi connectivity index (χ3n) is 8.04. The summed E-state index contributed by atoms with van der Waals surface area (Å²) in [6.07, 6.45) is 5.83. The van der Waals surface area contributed by atoms with E-state index in [0.29, 0.717) is 17.6 Å². The van der Waals surface area contributed by atoms with E-state index in [1.54, 1.807) is 48.7 Å². The van der Waals surface area contributed by atoms with Crippen LogP contribution in [-0.2, 0) is 16.0 Å². The Morgan fingerprint density at radius 1 is 1.02 bits per heavy atom. The smallest absolute Gasteiger partial charge is 0.346 e. The molecule has 40 heavy (non-hydrogen) atoms. The van der Waals surface area contributed by atoms with Crippen LogP contribution in [0.4, 0.5) is 0 Å². The van der Waals surface area contributed by atoms with Crippen molar-refractivity contribution < 1.29 is 23.5 Å². The molecule has 4 aromatic rings. The van der Waals surface area contributed by atoms with Crippen molar-refractivity contribution in [2.45, 2.75) is 37.4 Å². The van der Waals surface area contributed by atoms with Gasteiger partial charge in [0.25, 0.3) is 17.8 Å². The number of furan rings is 1. The van der Waals surface area contributed by atoms with Gasteiger partial charge in [-0.25, -0.2) is 4.79 Å². The van der Waals surface area contributed by atoms with Crippen molar-refractivity contribution in [1.29, 1.82) is 0 Å². The average Bonchev–Trinajstić information content (AvgIpc) is 3.39. The molecule has 2 aromatic carbocycles. The van der Waals surface area contributed by atoms with Gasteiger partial charge in [0.15, 0.2) is 0 Å². The first-order valence-corrected chi connectivity index (χ1v) is 13.5. The van der Waals surface area contributed by atoms with Crippen LogP contribution in [0.2, 0.25) is 0 Å². The van der Waals surface area contributed by atoms with E-state index in [2.05, 4.69) is 9.88 Å². The van der Waals surface area contributed by atoms with Crippen LogP contribution in [-0.4, -0.2) is 63.8 Å². The zero-order valence-electron chi connectivity index (χ0n) is 21.9. The summed E-state index contributed by atoms with van der Waals surface area (Å²) in [6, 6.07) is 19.1. The van der Waals surface area contributed by atoms with Crippen LogP contribution in [0.25, 0.3) is 11.0 Å². The number of piperidine rings is 3. The van der Waals surface area contributed by atoms with Gasteiger partial charge in [-0.3, -0.25) is 19.5 Å². The van der Waals surface area contributed by atoms with E-state index < -0.39 is 29.9 Å². The Hall–Kier alpha value is -4.50. The highest BCUT2D eigenvalue weighted by Crippen LogP contribution is 2.39. The first kappa shape index (κ1) is 25.8. The monoisotopic (exact) mass is 538 g/mol. The number of hydrogen-bond acceptors (Lipinski definition) is 7. The molecule has 204 valence electrons. The van der Waals surface area contributed by atoms with Gasteiger partial charge in [0.2, 0.25) is 6.04 Å². The molecule has 0 aliphatic carbocycles. The summed E-state index contributed by atoms with van der Waals surface area (Å²) in [5.41, 5.74) is 7.81. The van der Waals surface area contributed by atoms with Crippen LogP contribution >= 0.6 is 0 Å². The molecule has 2 aromatic heterocycles. The molecule has 7 rings (SSSR count). The van der Waals surface area contributed by atoms with E-state index in [-0.39, 0.29) is 17.9 Å². The number of nitrogens with two attached hydrogens (primary N) is 1. The van der Waals surface area contributed by atoms with Gasteiger partial charge < -0.3 is 19.8 Å². The molecule has 0 spiro atoms. The van der Waals surface area contributed by atoms with E-state index in [0.717, 1.165) is 36.9 Å². The highest BCUT2D eigenvalue weighted by atomic mass is 16.6. The fraction of sp³-hybridized carbons (Fsp3) is 0.290. The van der Waals surface area contributed by atoms with E-state index in [4.69, 9.17) is 14.9 Å². The first-order chi connectivity index (χ1) is 19.5. The lowest BCUT2D eigenvalue weighted by Crippen LogP contribution is -2.69. The van der Waals surface area contributed by atoms with Crippen molar-refractivity contribution in [1.82, 2.24) is 14.8 Å². The molecule has 2 amide bonds. The molecule has 2 bridgehead atoms. The van der Waals surface area contributed by atoms with Crippen LogP contribution < -0.4 is 10.5 Å². The standard InChI is InChI=1S/C31H30N4O5/c32-29(36)28(31(38)40-26-18-23-10-4-5-11-25(23)39-26)35(30(37)22-8-2-1-3-9-22)27-21-12-15-34(16-13-21)24(27)17-20-7-6-14-33-19-20/h1-11,14,18-19,21,24,27-28H,12-13,15-17H2,(H2,32,36). The van der Waals surface area contributed by atoms with Crippen molar-refractivity contribution in [2.75, 3.05) is 13.1 Å². The van der Waals surface area contributed by atoms with E-state index >= 15 is 0 Å². The minimum atomic E-state index is -1.65. The summed E-state index contributed by atoms with van der Waals surface area (Å²) in [4.78, 5) is 49.0. The van der Waals surface area contributed by atoms with Crippen LogP contribution in [0, 0.1) is 5.92 Å². The SMILES string of the molecule is NC(=O)C(C(=O)Oc1cc2ccccc2o1)N(C(=O)c1ccccc1)C1C2CCN(CC2)C1Cc1cccnc1. The Bertz CT molecular complexity index is 1480. The fourth-order valence-corrected chi connectivity index (χ4v) is 6.23. The highest BCUT2D eigenvalue weighted by Gasteiger charge is 2.51. The second-order valence-electron chi connectivity index (χ2n) is 10.4. The summed E-state index contributed by atoms with van der Waals surface area (Å²) in [6.45, 7) is 1.76. The molecular weight excluding hydrogens is 508 g/mol. The number of amides is 2. The van der Waals surface area contributed by atoms with Crippen LogP contribution in [0.3, 0.4) is 0 Å². The number of benzene rings is 2. The van der Waals surface area contributed by atoms with Crippen LogP contribution in [0.15, 0.2) is 89.6 Å². The summed E-state index contributed by atoms with van der Waals surface area (Å²) in [7, 11) is 0. The minimum Gasteiger partial charge on any atom is -0.425 e. The van der Waals surface area contributed by atoms with Crippen molar-refractivity contribution in [2.24, 2.45) is 11.7 Å². The van der Waals surface area contributed by atoms with Crippen LogP contribution in [0.5, 0.6) is 5.95 Å². The first-order valence-electron chi connectivity index (χ1n) is 13.5. The predicted octanol–water partition coefficient (Wildman–Crippen LogP) is 3.44. The molecule has 3 unspecified atom stereocenters. The maximum atomic E-state index is 14.2. The van der Waals surface area contributed by atoms with Gasteiger partial charge >= 0.3 is 5.97 Å². The topological polar surface area (TPSA) is 119 Å². The quantitative estimate of drug-likeness (QED) is 0.270. The highest BCUT2D eigenvalue weighted by molar-refractivity contribution is 6.07. The lowest BCUT2D eigenvalue weighted by Gasteiger charge is -2.55. The number of aromatic nitrogens is 1. The van der Waals surface area contributed by atoms with E-state index in [9.17, 15) is 14.4 Å². The van der Waals surface area contributed by atoms with Gasteiger partial charge in [0, 0.05) is 35.5 Å². The number of carbonyl (C=O) groups excluding carboxylic acids is 3. The molecule has 3 aliphatic heterocycles. The second kappa shape index (κ2) is 10.9.